The fraction of sp³-hybridized carbons (Fsp3) is 0.231. The number of rotatable bonds is 4. The lowest BCUT2D eigenvalue weighted by Crippen LogP contribution is -2.24. The zero-order valence-electron chi connectivity index (χ0n) is 17.4. The van der Waals surface area contributed by atoms with Crippen LogP contribution in [0.3, 0.4) is 0 Å². The van der Waals surface area contributed by atoms with Gasteiger partial charge in [-0.2, -0.15) is 0 Å². The van der Waals surface area contributed by atoms with Gasteiger partial charge in [0.1, 0.15) is 5.82 Å². The molecule has 1 aliphatic heterocycles. The van der Waals surface area contributed by atoms with Crippen LogP contribution in [0.1, 0.15) is 34.9 Å². The minimum Gasteiger partial charge on any atom is -0.323 e. The molecule has 2 heterocycles. The molecule has 1 saturated heterocycles. The minimum atomic E-state index is 0.0789. The van der Waals surface area contributed by atoms with Gasteiger partial charge in [0.2, 0.25) is 5.91 Å². The van der Waals surface area contributed by atoms with Crippen molar-refractivity contribution in [3.63, 3.8) is 0 Å². The first-order valence-corrected chi connectivity index (χ1v) is 10.5. The van der Waals surface area contributed by atoms with Crippen molar-refractivity contribution in [2.24, 2.45) is 0 Å². The molecule has 30 heavy (non-hydrogen) atoms. The number of hydrogen-bond donors (Lipinski definition) is 0. The van der Waals surface area contributed by atoms with Crippen LogP contribution in [-0.4, -0.2) is 22.0 Å². The molecule has 4 heteroatoms. The normalized spacial score (nSPS) is 16.5. The molecule has 4 aromatic rings. The van der Waals surface area contributed by atoms with Crippen molar-refractivity contribution >= 4 is 22.6 Å². The van der Waals surface area contributed by atoms with Crippen molar-refractivity contribution in [3.8, 4) is 0 Å². The summed E-state index contributed by atoms with van der Waals surface area (Å²) in [4.78, 5) is 19.8. The maximum atomic E-state index is 12.9. The molecule has 0 saturated carbocycles. The van der Waals surface area contributed by atoms with E-state index in [1.807, 2.05) is 23.1 Å². The van der Waals surface area contributed by atoms with E-state index in [1.54, 1.807) is 0 Å². The van der Waals surface area contributed by atoms with Crippen molar-refractivity contribution in [2.45, 2.75) is 32.7 Å². The van der Waals surface area contributed by atoms with Crippen LogP contribution in [-0.2, 0) is 11.3 Å². The first-order chi connectivity index (χ1) is 14.6. The van der Waals surface area contributed by atoms with E-state index in [1.165, 1.54) is 16.7 Å². The summed E-state index contributed by atoms with van der Waals surface area (Å²) in [6.07, 6.45) is 0.491. The van der Waals surface area contributed by atoms with Gasteiger partial charge in [-0.15, -0.1) is 0 Å². The molecule has 0 radical (unpaired) electrons. The van der Waals surface area contributed by atoms with Crippen LogP contribution in [0.2, 0.25) is 0 Å². The van der Waals surface area contributed by atoms with Crippen LogP contribution in [0.4, 0.5) is 5.69 Å². The molecule has 1 fully saturated rings. The van der Waals surface area contributed by atoms with Crippen molar-refractivity contribution in [1.82, 2.24) is 9.55 Å². The van der Waals surface area contributed by atoms with Crippen LogP contribution in [0.5, 0.6) is 0 Å². The summed E-state index contributed by atoms with van der Waals surface area (Å²) in [6, 6.07) is 24.9. The van der Waals surface area contributed by atoms with Gasteiger partial charge in [0.15, 0.2) is 0 Å². The summed E-state index contributed by atoms with van der Waals surface area (Å²) >= 11 is 0. The number of carbonyl (C=O) groups excluding carboxylic acids is 1. The Labute approximate surface area is 176 Å². The molecule has 0 aliphatic carbocycles. The van der Waals surface area contributed by atoms with Crippen molar-refractivity contribution in [3.05, 3.63) is 95.3 Å². The number of fused-ring (bicyclic) bond motifs is 1. The number of benzene rings is 3. The number of hydrogen-bond acceptors (Lipinski definition) is 2. The summed E-state index contributed by atoms with van der Waals surface area (Å²) in [7, 11) is 0. The highest BCUT2D eigenvalue weighted by Crippen LogP contribution is 2.33. The van der Waals surface area contributed by atoms with E-state index in [2.05, 4.69) is 73.0 Å². The summed E-state index contributed by atoms with van der Waals surface area (Å²) in [5.41, 5.74) is 6.82. The third kappa shape index (κ3) is 3.28. The molecule has 1 amide bonds. The van der Waals surface area contributed by atoms with Crippen LogP contribution >= 0.6 is 0 Å². The molecule has 150 valence electrons. The second-order valence-electron chi connectivity index (χ2n) is 8.21. The molecule has 1 aliphatic rings. The number of carbonyl (C=O) groups is 1. The number of para-hydroxylation sites is 2. The van der Waals surface area contributed by atoms with Gasteiger partial charge in [0.05, 0.1) is 11.0 Å². The smallest absolute Gasteiger partial charge is 0.227 e. The van der Waals surface area contributed by atoms with Crippen LogP contribution in [0.25, 0.3) is 11.0 Å². The maximum Gasteiger partial charge on any atom is 0.227 e. The van der Waals surface area contributed by atoms with E-state index in [9.17, 15) is 4.79 Å². The van der Waals surface area contributed by atoms with Gasteiger partial charge >= 0.3 is 0 Å². The SMILES string of the molecule is Cc1ccc(N2C[C@H](c3nc4ccccc4n3Cc3ccccc3C)CC2=O)cc1. The Balaban J connectivity index is 1.53. The zero-order chi connectivity index (χ0) is 20.7. The molecule has 0 N–H and O–H groups in total. The van der Waals surface area contributed by atoms with Gasteiger partial charge < -0.3 is 9.47 Å². The van der Waals surface area contributed by atoms with E-state index in [0.717, 1.165) is 29.1 Å². The monoisotopic (exact) mass is 395 g/mol. The fourth-order valence-corrected chi connectivity index (χ4v) is 4.38. The molecule has 0 spiro atoms. The van der Waals surface area contributed by atoms with Crippen LogP contribution in [0, 0.1) is 13.8 Å². The Hall–Kier alpha value is -3.40. The lowest BCUT2D eigenvalue weighted by atomic mass is 10.1. The molecule has 4 nitrogen and oxygen atoms in total. The Morgan fingerprint density at radius 2 is 1.67 bits per heavy atom. The van der Waals surface area contributed by atoms with Gasteiger partial charge in [-0.25, -0.2) is 4.98 Å². The van der Waals surface area contributed by atoms with Gasteiger partial charge in [0, 0.05) is 31.1 Å². The molecular weight excluding hydrogens is 370 g/mol. The van der Waals surface area contributed by atoms with E-state index < -0.39 is 0 Å². The lowest BCUT2D eigenvalue weighted by molar-refractivity contribution is -0.117. The maximum absolute atomic E-state index is 12.9. The highest BCUT2D eigenvalue weighted by atomic mass is 16.2. The Morgan fingerprint density at radius 3 is 2.47 bits per heavy atom. The molecular formula is C26H25N3O. The van der Waals surface area contributed by atoms with E-state index in [0.29, 0.717) is 13.0 Å². The third-order valence-corrected chi connectivity index (χ3v) is 6.11. The van der Waals surface area contributed by atoms with Gasteiger partial charge in [-0.3, -0.25) is 4.79 Å². The summed E-state index contributed by atoms with van der Waals surface area (Å²) in [5, 5.41) is 0. The van der Waals surface area contributed by atoms with Crippen molar-refractivity contribution < 1.29 is 4.79 Å². The Morgan fingerprint density at radius 1 is 0.933 bits per heavy atom. The number of anilines is 1. The highest BCUT2D eigenvalue weighted by Gasteiger charge is 2.34. The molecule has 0 bridgehead atoms. The quantitative estimate of drug-likeness (QED) is 0.475. The predicted molar refractivity (Wildman–Crippen MR) is 121 cm³/mol. The summed E-state index contributed by atoms with van der Waals surface area (Å²) in [6.45, 7) is 5.63. The third-order valence-electron chi connectivity index (χ3n) is 6.11. The largest absolute Gasteiger partial charge is 0.323 e. The second-order valence-corrected chi connectivity index (χ2v) is 8.21. The molecule has 0 unspecified atom stereocenters. The zero-order valence-corrected chi connectivity index (χ0v) is 17.4. The van der Waals surface area contributed by atoms with Gasteiger partial charge in [-0.05, 0) is 49.2 Å². The number of nitrogens with zero attached hydrogens (tertiary/aromatic N) is 3. The highest BCUT2D eigenvalue weighted by molar-refractivity contribution is 5.96. The van der Waals surface area contributed by atoms with E-state index >= 15 is 0 Å². The Kier molecular flexibility index (Phi) is 4.62. The van der Waals surface area contributed by atoms with Gasteiger partial charge in [-0.1, -0.05) is 54.1 Å². The molecule has 3 aromatic carbocycles. The molecule has 5 rings (SSSR count). The predicted octanol–water partition coefficient (Wildman–Crippen LogP) is 5.22. The lowest BCUT2D eigenvalue weighted by Gasteiger charge is -2.18. The number of amides is 1. The summed E-state index contributed by atoms with van der Waals surface area (Å²) < 4.78 is 2.30. The fourth-order valence-electron chi connectivity index (χ4n) is 4.38. The molecule has 1 atom stereocenters. The second kappa shape index (κ2) is 7.45. The first kappa shape index (κ1) is 18.6. The standard InChI is InChI=1S/C26H25N3O/c1-18-11-13-22(14-12-18)28-17-21(15-25(28)30)26-27-23-9-5-6-10-24(23)29(26)16-20-8-4-3-7-19(20)2/h3-14,21H,15-17H2,1-2H3/t21-/m1/s1. The van der Waals surface area contributed by atoms with Crippen molar-refractivity contribution in [1.29, 1.82) is 0 Å². The first-order valence-electron chi connectivity index (χ1n) is 10.5. The van der Waals surface area contributed by atoms with Crippen LogP contribution in [0.15, 0.2) is 72.8 Å². The van der Waals surface area contributed by atoms with E-state index in [-0.39, 0.29) is 11.8 Å². The number of aromatic nitrogens is 2. The average molecular weight is 396 g/mol. The van der Waals surface area contributed by atoms with Crippen LogP contribution < -0.4 is 4.90 Å². The number of aryl methyl sites for hydroxylation is 2. The topological polar surface area (TPSA) is 38.1 Å². The minimum absolute atomic E-state index is 0.0789. The van der Waals surface area contributed by atoms with Gasteiger partial charge in [0.25, 0.3) is 0 Å². The van der Waals surface area contributed by atoms with Crippen molar-refractivity contribution in [2.75, 3.05) is 11.4 Å². The molecule has 1 aromatic heterocycles. The number of imidazole rings is 1. The Bertz CT molecular complexity index is 1220. The average Bonchev–Trinajstić information content (AvgIpc) is 3.31. The van der Waals surface area contributed by atoms with E-state index in [4.69, 9.17) is 4.98 Å². The summed E-state index contributed by atoms with van der Waals surface area (Å²) in [5.74, 6) is 1.25.